The van der Waals surface area contributed by atoms with Crippen LogP contribution < -0.4 is 10.2 Å². The molecule has 1 fully saturated rings. The van der Waals surface area contributed by atoms with Crippen LogP contribution in [-0.4, -0.2) is 49.3 Å². The Balaban J connectivity index is 2.32. The zero-order chi connectivity index (χ0) is 14.0. The molecule has 0 unspecified atom stereocenters. The predicted molar refractivity (Wildman–Crippen MR) is 71.6 cm³/mol. The Bertz CT molecular complexity index is 560. The van der Waals surface area contributed by atoms with Crippen molar-refractivity contribution >= 4 is 22.6 Å². The van der Waals surface area contributed by atoms with Crippen LogP contribution in [0.3, 0.4) is 0 Å². The van der Waals surface area contributed by atoms with Crippen molar-refractivity contribution in [2.24, 2.45) is 0 Å². The molecule has 1 aliphatic rings. The lowest BCUT2D eigenvalue weighted by atomic mass is 9.77. The predicted octanol–water partition coefficient (Wildman–Crippen LogP) is -1.09. The minimum absolute atomic E-state index is 0.131. The van der Waals surface area contributed by atoms with E-state index in [2.05, 4.69) is 0 Å². The van der Waals surface area contributed by atoms with E-state index < -0.39 is 17.1 Å². The molecule has 1 aromatic carbocycles. The molecule has 0 aliphatic carbocycles. The summed E-state index contributed by atoms with van der Waals surface area (Å²) in [7, 11) is -3.35. The highest BCUT2D eigenvalue weighted by atomic mass is 32.2. The van der Waals surface area contributed by atoms with Gasteiger partial charge >= 0.3 is 7.12 Å². The third kappa shape index (κ3) is 3.09. The maximum atomic E-state index is 11.8. The minimum Gasteiger partial charge on any atom is -0.497 e. The van der Waals surface area contributed by atoms with Gasteiger partial charge in [0.05, 0.1) is 12.9 Å². The molecule has 1 aromatic rings. The van der Waals surface area contributed by atoms with Crippen molar-refractivity contribution in [2.45, 2.75) is 13.0 Å². The van der Waals surface area contributed by atoms with Crippen molar-refractivity contribution in [3.05, 3.63) is 23.8 Å². The van der Waals surface area contributed by atoms with Crippen LogP contribution >= 0.6 is 0 Å². The first-order chi connectivity index (χ1) is 8.94. The van der Waals surface area contributed by atoms with Crippen molar-refractivity contribution in [1.82, 2.24) is 4.31 Å². The van der Waals surface area contributed by atoms with Gasteiger partial charge in [0, 0.05) is 13.1 Å². The molecule has 104 valence electrons. The van der Waals surface area contributed by atoms with Crippen LogP contribution in [0.15, 0.2) is 18.2 Å². The summed E-state index contributed by atoms with van der Waals surface area (Å²) in [6.07, 6.45) is 0.601. The van der Waals surface area contributed by atoms with E-state index in [4.69, 9.17) is 4.74 Å². The number of methoxy groups -OCH3 is 1. The number of sulfonamides is 1. The highest BCUT2D eigenvalue weighted by Gasteiger charge is 2.29. The fraction of sp³-hybridized carbons (Fsp3) is 0.455. The zero-order valence-electron chi connectivity index (χ0n) is 10.6. The van der Waals surface area contributed by atoms with Crippen molar-refractivity contribution in [3.8, 4) is 5.75 Å². The van der Waals surface area contributed by atoms with Gasteiger partial charge in [-0.1, -0.05) is 6.07 Å². The quantitative estimate of drug-likeness (QED) is 0.686. The molecule has 1 aliphatic heterocycles. The standard InChI is InChI=1S/C11H16BNO5S/c1-18-10-3-4-11(12(14)15)9(7-10)8-13-5-2-6-19(13,16)17/h3-4,7,14-15H,2,5-6,8H2,1H3. The first kappa shape index (κ1) is 14.3. The number of hydrogen-bond acceptors (Lipinski definition) is 5. The molecule has 1 saturated heterocycles. The molecule has 2 rings (SSSR count). The Labute approximate surface area is 112 Å². The monoisotopic (exact) mass is 285 g/mol. The second-order valence-corrected chi connectivity index (χ2v) is 6.53. The van der Waals surface area contributed by atoms with Crippen molar-refractivity contribution < 1.29 is 23.2 Å². The van der Waals surface area contributed by atoms with Crippen molar-refractivity contribution in [3.63, 3.8) is 0 Å². The number of benzene rings is 1. The molecule has 0 bridgehead atoms. The van der Waals surface area contributed by atoms with Crippen LogP contribution in [0.2, 0.25) is 0 Å². The van der Waals surface area contributed by atoms with Crippen LogP contribution in [0, 0.1) is 0 Å². The molecule has 2 N–H and O–H groups in total. The summed E-state index contributed by atoms with van der Waals surface area (Å²) in [6, 6.07) is 4.76. The molecule has 1 heterocycles. The SMILES string of the molecule is COc1ccc(B(O)O)c(CN2CCCS2(=O)=O)c1. The topological polar surface area (TPSA) is 87.1 Å². The average Bonchev–Trinajstić information content (AvgIpc) is 2.68. The van der Waals surface area contributed by atoms with E-state index in [0.717, 1.165) is 0 Å². The van der Waals surface area contributed by atoms with Crippen LogP contribution in [0.4, 0.5) is 0 Å². The average molecular weight is 285 g/mol. The lowest BCUT2D eigenvalue weighted by molar-refractivity contribution is 0.408. The van der Waals surface area contributed by atoms with Gasteiger partial charge in [-0.05, 0) is 29.6 Å². The molecular formula is C11H16BNO5S. The first-order valence-corrected chi connectivity index (χ1v) is 7.56. The maximum Gasteiger partial charge on any atom is 0.488 e. The van der Waals surface area contributed by atoms with Gasteiger partial charge in [-0.3, -0.25) is 0 Å². The van der Waals surface area contributed by atoms with Gasteiger partial charge < -0.3 is 14.8 Å². The maximum absolute atomic E-state index is 11.8. The summed E-state index contributed by atoms with van der Waals surface area (Å²) in [4.78, 5) is 0. The fourth-order valence-electron chi connectivity index (χ4n) is 2.16. The number of ether oxygens (including phenoxy) is 1. The molecular weight excluding hydrogens is 269 g/mol. The van der Waals surface area contributed by atoms with Gasteiger partial charge in [0.1, 0.15) is 5.75 Å². The smallest absolute Gasteiger partial charge is 0.488 e. The summed E-state index contributed by atoms with van der Waals surface area (Å²) in [5, 5.41) is 18.6. The van der Waals surface area contributed by atoms with Crippen molar-refractivity contribution in [1.29, 1.82) is 0 Å². The number of hydrogen-bond donors (Lipinski definition) is 2. The third-order valence-electron chi connectivity index (χ3n) is 3.18. The molecule has 0 saturated carbocycles. The summed E-state index contributed by atoms with van der Waals surface area (Å²) < 4.78 is 30.0. The van der Waals surface area contributed by atoms with Gasteiger partial charge in [-0.2, -0.15) is 4.31 Å². The molecule has 19 heavy (non-hydrogen) atoms. The lowest BCUT2D eigenvalue weighted by Gasteiger charge is -2.17. The summed E-state index contributed by atoms with van der Waals surface area (Å²) in [5.74, 6) is 0.699. The fourth-order valence-corrected chi connectivity index (χ4v) is 3.65. The lowest BCUT2D eigenvalue weighted by Crippen LogP contribution is -2.36. The van der Waals surface area contributed by atoms with Crippen LogP contribution in [0.1, 0.15) is 12.0 Å². The Kier molecular flexibility index (Phi) is 4.15. The Morgan fingerprint density at radius 2 is 2.16 bits per heavy atom. The Morgan fingerprint density at radius 3 is 2.68 bits per heavy atom. The van der Waals surface area contributed by atoms with E-state index in [1.807, 2.05) is 0 Å². The molecule has 0 spiro atoms. The molecule has 0 atom stereocenters. The van der Waals surface area contributed by atoms with Crippen LogP contribution in [0.25, 0.3) is 0 Å². The summed E-state index contributed by atoms with van der Waals surface area (Å²) in [6.45, 7) is 0.590. The van der Waals surface area contributed by atoms with Crippen molar-refractivity contribution in [2.75, 3.05) is 19.4 Å². The van der Waals surface area contributed by atoms with E-state index in [0.29, 0.717) is 29.7 Å². The largest absolute Gasteiger partial charge is 0.497 e. The summed E-state index contributed by atoms with van der Waals surface area (Å²) >= 11 is 0. The van der Waals surface area contributed by atoms with Gasteiger partial charge in [0.2, 0.25) is 10.0 Å². The Morgan fingerprint density at radius 1 is 1.42 bits per heavy atom. The molecule has 0 aromatic heterocycles. The van der Waals surface area contributed by atoms with E-state index in [9.17, 15) is 18.5 Å². The van der Waals surface area contributed by atoms with Gasteiger partial charge in [-0.15, -0.1) is 0 Å². The van der Waals surface area contributed by atoms with E-state index in [1.54, 1.807) is 12.1 Å². The van der Waals surface area contributed by atoms with Gasteiger partial charge in [0.25, 0.3) is 0 Å². The second-order valence-electron chi connectivity index (χ2n) is 4.44. The van der Waals surface area contributed by atoms with Crippen LogP contribution in [-0.2, 0) is 16.6 Å². The summed E-state index contributed by atoms with van der Waals surface area (Å²) in [5.41, 5.74) is 0.836. The first-order valence-electron chi connectivity index (χ1n) is 5.95. The Hall–Kier alpha value is -1.09. The van der Waals surface area contributed by atoms with Gasteiger partial charge in [-0.25, -0.2) is 8.42 Å². The number of rotatable bonds is 4. The number of nitrogens with zero attached hydrogens (tertiary/aromatic N) is 1. The molecule has 0 radical (unpaired) electrons. The van der Waals surface area contributed by atoms with Gasteiger partial charge in [0.15, 0.2) is 0 Å². The minimum atomic E-state index is -3.22. The van der Waals surface area contributed by atoms with Crippen LogP contribution in [0.5, 0.6) is 5.75 Å². The second kappa shape index (κ2) is 5.50. The third-order valence-corrected chi connectivity index (χ3v) is 5.08. The molecule has 0 amide bonds. The zero-order valence-corrected chi connectivity index (χ0v) is 11.4. The molecule has 6 nitrogen and oxygen atoms in total. The highest BCUT2D eigenvalue weighted by Crippen LogP contribution is 2.19. The van der Waals surface area contributed by atoms with E-state index in [1.165, 1.54) is 17.5 Å². The normalized spacial score (nSPS) is 18.5. The van der Waals surface area contributed by atoms with E-state index >= 15 is 0 Å². The highest BCUT2D eigenvalue weighted by molar-refractivity contribution is 7.89. The molecule has 8 heteroatoms. The van der Waals surface area contributed by atoms with E-state index in [-0.39, 0.29) is 12.3 Å².